The molecule has 0 N–H and O–H groups in total. The van der Waals surface area contributed by atoms with E-state index in [1.807, 2.05) is 0 Å². The van der Waals surface area contributed by atoms with Gasteiger partial charge in [0.15, 0.2) is 0 Å². The van der Waals surface area contributed by atoms with Crippen molar-refractivity contribution in [2.24, 2.45) is 0 Å². The highest BCUT2D eigenvalue weighted by Gasteiger charge is 2.18. The van der Waals surface area contributed by atoms with Crippen molar-refractivity contribution in [1.29, 1.82) is 0 Å². The Morgan fingerprint density at radius 3 is 1.51 bits per heavy atom. The third-order valence-corrected chi connectivity index (χ3v) is 10.2. The summed E-state index contributed by atoms with van der Waals surface area (Å²) in [4.78, 5) is 0. The van der Waals surface area contributed by atoms with E-state index in [2.05, 4.69) is 193 Å². The lowest BCUT2D eigenvalue weighted by Crippen LogP contribution is -1.93. The van der Waals surface area contributed by atoms with E-state index in [4.69, 9.17) is 0 Å². The van der Waals surface area contributed by atoms with E-state index in [-0.39, 0.29) is 0 Å². The molecule has 0 spiro atoms. The molecule has 0 aliphatic heterocycles. The number of hydrogen-bond acceptors (Lipinski definition) is 0. The molecule has 0 radical (unpaired) electrons. The summed E-state index contributed by atoms with van der Waals surface area (Å²) in [6.45, 7) is 0. The standard InChI is InChI=1S/C48H31N/c1-2-15-36(16-3-1)49-45-24-11-10-18-38(45)39-30-29-35(31-46(39)49)32-25-27-34(28-26-32)47-41-19-6-8-21-43(41)48(44-22-9-7-20-42(44)47)40-23-12-14-33-13-4-5-17-37(33)40/h1-31H. The van der Waals surface area contributed by atoms with Crippen LogP contribution in [0.1, 0.15) is 0 Å². The fourth-order valence-corrected chi connectivity index (χ4v) is 8.01. The van der Waals surface area contributed by atoms with Gasteiger partial charge in [0.05, 0.1) is 11.0 Å². The molecule has 0 unspecified atom stereocenters. The molecule has 1 heteroatoms. The number of fused-ring (bicyclic) bond motifs is 6. The van der Waals surface area contributed by atoms with Gasteiger partial charge in [0.1, 0.15) is 0 Å². The Balaban J connectivity index is 1.15. The molecule has 228 valence electrons. The first kappa shape index (κ1) is 27.7. The van der Waals surface area contributed by atoms with Gasteiger partial charge in [-0.05, 0) is 90.0 Å². The number of rotatable bonds is 4. The molecule has 10 rings (SSSR count). The Bertz CT molecular complexity index is 2790. The van der Waals surface area contributed by atoms with Crippen LogP contribution in [0.5, 0.6) is 0 Å². The molecule has 1 nitrogen and oxygen atoms in total. The first-order chi connectivity index (χ1) is 24.3. The first-order valence-corrected chi connectivity index (χ1v) is 16.9. The first-order valence-electron chi connectivity index (χ1n) is 16.9. The Morgan fingerprint density at radius 2 is 0.796 bits per heavy atom. The number of para-hydroxylation sites is 2. The zero-order valence-electron chi connectivity index (χ0n) is 26.8. The maximum atomic E-state index is 2.39. The predicted octanol–water partition coefficient (Wildman–Crippen LogP) is 13.2. The van der Waals surface area contributed by atoms with Crippen molar-refractivity contribution in [3.05, 3.63) is 188 Å². The summed E-state index contributed by atoms with van der Waals surface area (Å²) in [5, 5.41) is 10.2. The Morgan fingerprint density at radius 1 is 0.286 bits per heavy atom. The average Bonchev–Trinajstić information content (AvgIpc) is 3.51. The summed E-state index contributed by atoms with van der Waals surface area (Å²) in [6.07, 6.45) is 0. The van der Waals surface area contributed by atoms with E-state index >= 15 is 0 Å². The Hall–Kier alpha value is -6.44. The minimum absolute atomic E-state index is 1.17. The van der Waals surface area contributed by atoms with Crippen LogP contribution in [0, 0.1) is 0 Å². The molecule has 0 aliphatic rings. The van der Waals surface area contributed by atoms with Crippen molar-refractivity contribution < 1.29 is 0 Å². The Kier molecular flexibility index (Phi) is 6.25. The van der Waals surface area contributed by atoms with E-state index in [9.17, 15) is 0 Å². The van der Waals surface area contributed by atoms with E-state index in [0.717, 1.165) is 0 Å². The van der Waals surface area contributed by atoms with Crippen LogP contribution in [0.4, 0.5) is 0 Å². The van der Waals surface area contributed by atoms with E-state index in [1.165, 1.54) is 93.2 Å². The summed E-state index contributed by atoms with van der Waals surface area (Å²) >= 11 is 0. The second kappa shape index (κ2) is 11.1. The van der Waals surface area contributed by atoms with Crippen LogP contribution in [-0.2, 0) is 0 Å². The zero-order valence-corrected chi connectivity index (χ0v) is 26.8. The van der Waals surface area contributed by atoms with E-state index < -0.39 is 0 Å². The van der Waals surface area contributed by atoms with Gasteiger partial charge in [0, 0.05) is 16.5 Å². The van der Waals surface area contributed by atoms with E-state index in [1.54, 1.807) is 0 Å². The molecule has 0 saturated heterocycles. The van der Waals surface area contributed by atoms with Crippen molar-refractivity contribution in [3.63, 3.8) is 0 Å². The molecule has 0 fully saturated rings. The lowest BCUT2D eigenvalue weighted by Gasteiger charge is -2.19. The Labute approximate surface area is 284 Å². The quantitative estimate of drug-likeness (QED) is 0.172. The van der Waals surface area contributed by atoms with Gasteiger partial charge in [0.25, 0.3) is 0 Å². The van der Waals surface area contributed by atoms with Crippen molar-refractivity contribution in [2.45, 2.75) is 0 Å². The van der Waals surface area contributed by atoms with Crippen LogP contribution in [0.25, 0.3) is 93.2 Å². The van der Waals surface area contributed by atoms with Crippen molar-refractivity contribution in [3.8, 4) is 39.1 Å². The van der Waals surface area contributed by atoms with Gasteiger partial charge in [0.2, 0.25) is 0 Å². The highest BCUT2D eigenvalue weighted by Crippen LogP contribution is 2.45. The molecule has 0 bridgehead atoms. The van der Waals surface area contributed by atoms with Crippen LogP contribution in [0.2, 0.25) is 0 Å². The van der Waals surface area contributed by atoms with Crippen LogP contribution in [0.15, 0.2) is 188 Å². The van der Waals surface area contributed by atoms with E-state index in [0.29, 0.717) is 0 Å². The highest BCUT2D eigenvalue weighted by atomic mass is 15.0. The fraction of sp³-hybridized carbons (Fsp3) is 0. The third kappa shape index (κ3) is 4.33. The SMILES string of the molecule is c1ccc(-n2c3ccccc3c3ccc(-c4ccc(-c5c6ccccc6c(-c6cccc7ccccc67)c6ccccc56)cc4)cc32)cc1. The van der Waals surface area contributed by atoms with Crippen LogP contribution < -0.4 is 0 Å². The summed E-state index contributed by atoms with van der Waals surface area (Å²) in [5.41, 5.74) is 11.1. The molecule has 9 aromatic carbocycles. The molecule has 0 atom stereocenters. The predicted molar refractivity (Wildman–Crippen MR) is 210 cm³/mol. The molecule has 49 heavy (non-hydrogen) atoms. The van der Waals surface area contributed by atoms with Gasteiger partial charge < -0.3 is 4.57 Å². The largest absolute Gasteiger partial charge is 0.309 e. The maximum absolute atomic E-state index is 2.39. The molecular formula is C48H31N. The minimum atomic E-state index is 1.17. The summed E-state index contributed by atoms with van der Waals surface area (Å²) in [7, 11) is 0. The summed E-state index contributed by atoms with van der Waals surface area (Å²) in [6, 6.07) is 68.7. The normalized spacial score (nSPS) is 11.7. The monoisotopic (exact) mass is 621 g/mol. The summed E-state index contributed by atoms with van der Waals surface area (Å²) < 4.78 is 2.39. The lowest BCUT2D eigenvalue weighted by molar-refractivity contribution is 1.18. The smallest absolute Gasteiger partial charge is 0.0547 e. The van der Waals surface area contributed by atoms with Crippen molar-refractivity contribution >= 4 is 54.1 Å². The molecule has 0 saturated carbocycles. The van der Waals surface area contributed by atoms with Crippen LogP contribution in [0.3, 0.4) is 0 Å². The third-order valence-electron chi connectivity index (χ3n) is 10.2. The van der Waals surface area contributed by atoms with Crippen LogP contribution >= 0.6 is 0 Å². The van der Waals surface area contributed by atoms with Crippen molar-refractivity contribution in [1.82, 2.24) is 4.57 Å². The number of nitrogens with zero attached hydrogens (tertiary/aromatic N) is 1. The van der Waals surface area contributed by atoms with Gasteiger partial charge in [-0.15, -0.1) is 0 Å². The summed E-state index contributed by atoms with van der Waals surface area (Å²) in [5.74, 6) is 0. The molecular weight excluding hydrogens is 591 g/mol. The zero-order chi connectivity index (χ0) is 32.3. The van der Waals surface area contributed by atoms with Gasteiger partial charge >= 0.3 is 0 Å². The topological polar surface area (TPSA) is 4.93 Å². The molecule has 1 heterocycles. The van der Waals surface area contributed by atoms with Crippen LogP contribution in [-0.4, -0.2) is 4.57 Å². The minimum Gasteiger partial charge on any atom is -0.309 e. The lowest BCUT2D eigenvalue weighted by atomic mass is 9.84. The van der Waals surface area contributed by atoms with Gasteiger partial charge in [-0.25, -0.2) is 0 Å². The molecule has 1 aromatic heterocycles. The molecule has 0 aliphatic carbocycles. The van der Waals surface area contributed by atoms with Gasteiger partial charge in [-0.1, -0.05) is 164 Å². The second-order valence-electron chi connectivity index (χ2n) is 12.9. The number of hydrogen-bond donors (Lipinski definition) is 0. The van der Waals surface area contributed by atoms with Crippen molar-refractivity contribution in [2.75, 3.05) is 0 Å². The maximum Gasteiger partial charge on any atom is 0.0547 e. The molecule has 10 aromatic rings. The number of aromatic nitrogens is 1. The van der Waals surface area contributed by atoms with Gasteiger partial charge in [-0.3, -0.25) is 0 Å². The highest BCUT2D eigenvalue weighted by molar-refractivity contribution is 6.23. The second-order valence-corrected chi connectivity index (χ2v) is 12.9. The fourth-order valence-electron chi connectivity index (χ4n) is 8.01. The van der Waals surface area contributed by atoms with Gasteiger partial charge in [-0.2, -0.15) is 0 Å². The molecule has 0 amide bonds. The number of benzene rings is 9. The average molecular weight is 622 g/mol.